The van der Waals surface area contributed by atoms with E-state index in [1.165, 1.54) is 141 Å². The molecule has 17 nitrogen and oxygen atoms in total. The Kier molecular flexibility index (Phi) is 59.4. The second kappa shape index (κ2) is 60.7. The second-order valence-electron chi connectivity index (χ2n) is 27.3. The standard InChI is InChI=1S/C71H138O17P2/c1-9-64(8)50-42-34-25-20-21-27-38-46-54-71(76)88-66(57-81-68(73)51-43-35-28-22-24-32-40-48-62(4)5)59-85-89(77,78)83-55-65(72)56-84-90(79,80)86-60-67(58-82-69(74)52-44-36-30-29-33-41-49-63(6)7)87-70(75)53-45-37-26-19-17-15-13-11-10-12-14-16-18-23-31-39-47-61(2)3/h61-67,72H,9-60H2,1-8H3,(H,77,78)(H,79,80)/t64?,65?,66-,67-/m1/s1. The summed E-state index contributed by atoms with van der Waals surface area (Å²) in [7, 11) is -9.90. The summed E-state index contributed by atoms with van der Waals surface area (Å²) < 4.78 is 68.2. The Morgan fingerprint density at radius 3 is 0.789 bits per heavy atom. The van der Waals surface area contributed by atoms with Gasteiger partial charge in [-0.25, -0.2) is 9.13 Å². The molecule has 0 amide bonds. The summed E-state index contributed by atoms with van der Waals surface area (Å²) in [5, 5.41) is 10.6. The largest absolute Gasteiger partial charge is 0.472 e. The van der Waals surface area contributed by atoms with E-state index in [1.54, 1.807) is 0 Å². The van der Waals surface area contributed by atoms with Crippen LogP contribution in [-0.2, 0) is 65.4 Å². The third-order valence-electron chi connectivity index (χ3n) is 16.7. The smallest absolute Gasteiger partial charge is 0.462 e. The van der Waals surface area contributed by atoms with E-state index in [0.29, 0.717) is 37.5 Å². The van der Waals surface area contributed by atoms with Crippen molar-refractivity contribution in [3.63, 3.8) is 0 Å². The van der Waals surface area contributed by atoms with Gasteiger partial charge in [0.15, 0.2) is 12.2 Å². The molecule has 90 heavy (non-hydrogen) atoms. The third kappa shape index (κ3) is 63.5. The summed E-state index contributed by atoms with van der Waals surface area (Å²) >= 11 is 0. The molecule has 0 saturated carbocycles. The molecule has 4 unspecified atom stereocenters. The minimum absolute atomic E-state index is 0.104. The van der Waals surface area contributed by atoms with Crippen molar-refractivity contribution in [2.75, 3.05) is 39.6 Å². The lowest BCUT2D eigenvalue weighted by Gasteiger charge is -2.21. The Labute approximate surface area is 549 Å². The number of ether oxygens (including phenoxy) is 4. The minimum atomic E-state index is -4.95. The van der Waals surface area contributed by atoms with Gasteiger partial charge in [-0.3, -0.25) is 37.3 Å². The molecule has 0 aromatic rings. The summed E-state index contributed by atoms with van der Waals surface area (Å²) in [6, 6.07) is 0. The molecule has 0 aromatic carbocycles. The normalized spacial score (nSPS) is 14.6. The molecule has 0 radical (unpaired) electrons. The predicted molar refractivity (Wildman–Crippen MR) is 363 cm³/mol. The van der Waals surface area contributed by atoms with E-state index in [2.05, 4.69) is 55.4 Å². The number of phosphoric ester groups is 2. The van der Waals surface area contributed by atoms with Gasteiger partial charge in [0.1, 0.15) is 19.3 Å². The zero-order valence-corrected chi connectivity index (χ0v) is 60.6. The lowest BCUT2D eigenvalue weighted by Crippen LogP contribution is -2.30. The molecule has 0 aliphatic carbocycles. The van der Waals surface area contributed by atoms with Crippen LogP contribution in [0.5, 0.6) is 0 Å². The van der Waals surface area contributed by atoms with E-state index in [9.17, 15) is 43.2 Å². The third-order valence-corrected chi connectivity index (χ3v) is 18.6. The van der Waals surface area contributed by atoms with E-state index in [0.717, 1.165) is 115 Å². The Morgan fingerprint density at radius 1 is 0.311 bits per heavy atom. The maximum atomic E-state index is 13.0. The molecule has 0 aliphatic rings. The fourth-order valence-corrected chi connectivity index (χ4v) is 12.2. The first-order valence-corrected chi connectivity index (χ1v) is 39.7. The van der Waals surface area contributed by atoms with Crippen LogP contribution in [0.1, 0.15) is 351 Å². The Morgan fingerprint density at radius 2 is 0.533 bits per heavy atom. The maximum absolute atomic E-state index is 13.0. The van der Waals surface area contributed by atoms with Crippen LogP contribution >= 0.6 is 15.6 Å². The van der Waals surface area contributed by atoms with Gasteiger partial charge in [-0.1, -0.05) is 299 Å². The van der Waals surface area contributed by atoms with Crippen molar-refractivity contribution in [3.05, 3.63) is 0 Å². The number of rotatable bonds is 68. The Balaban J connectivity index is 5.19. The molecule has 0 fully saturated rings. The van der Waals surface area contributed by atoms with Gasteiger partial charge in [-0.15, -0.1) is 0 Å². The van der Waals surface area contributed by atoms with E-state index >= 15 is 0 Å². The number of aliphatic hydroxyl groups is 1. The van der Waals surface area contributed by atoms with Crippen molar-refractivity contribution in [2.45, 2.75) is 369 Å². The molecular weight excluding hydrogens is 1190 g/mol. The van der Waals surface area contributed by atoms with Crippen LogP contribution < -0.4 is 0 Å². The van der Waals surface area contributed by atoms with Gasteiger partial charge in [0.25, 0.3) is 0 Å². The molecule has 0 heterocycles. The average molecular weight is 1330 g/mol. The predicted octanol–water partition coefficient (Wildman–Crippen LogP) is 20.1. The first-order chi connectivity index (χ1) is 43.1. The molecule has 0 bridgehead atoms. The molecule has 534 valence electrons. The van der Waals surface area contributed by atoms with Crippen LogP contribution in [0.3, 0.4) is 0 Å². The Hall–Kier alpha value is -1.94. The maximum Gasteiger partial charge on any atom is 0.472 e. The molecule has 3 N–H and O–H groups in total. The highest BCUT2D eigenvalue weighted by molar-refractivity contribution is 7.47. The lowest BCUT2D eigenvalue weighted by molar-refractivity contribution is -0.161. The number of aliphatic hydroxyl groups excluding tert-OH is 1. The van der Waals surface area contributed by atoms with Crippen LogP contribution in [0.2, 0.25) is 0 Å². The SMILES string of the molecule is CCC(C)CCCCCCCCCCC(=O)O[C@H](COC(=O)CCCCCCCCCC(C)C)COP(=O)(O)OCC(O)COP(=O)(O)OC[C@@H](COC(=O)CCCCCCCCC(C)C)OC(=O)CCCCCCCCCCCCCCCCCCC(C)C. The van der Waals surface area contributed by atoms with Crippen LogP contribution in [-0.4, -0.2) is 96.7 Å². The van der Waals surface area contributed by atoms with E-state index in [1.807, 2.05) is 0 Å². The van der Waals surface area contributed by atoms with E-state index in [4.69, 9.17) is 37.0 Å². The van der Waals surface area contributed by atoms with Crippen molar-refractivity contribution in [3.8, 4) is 0 Å². The van der Waals surface area contributed by atoms with Crippen LogP contribution in [0.4, 0.5) is 0 Å². The number of hydrogen-bond acceptors (Lipinski definition) is 15. The first kappa shape index (κ1) is 88.1. The molecule has 19 heteroatoms. The van der Waals surface area contributed by atoms with Crippen molar-refractivity contribution in [2.24, 2.45) is 23.7 Å². The molecular formula is C71H138O17P2. The number of esters is 4. The highest BCUT2D eigenvalue weighted by Crippen LogP contribution is 2.45. The number of hydrogen-bond donors (Lipinski definition) is 3. The average Bonchev–Trinajstić information content (AvgIpc) is 3.36. The number of carbonyl (C=O) groups is 4. The lowest BCUT2D eigenvalue weighted by atomic mass is 9.99. The molecule has 0 rings (SSSR count). The second-order valence-corrected chi connectivity index (χ2v) is 30.2. The molecule has 0 saturated heterocycles. The summed E-state index contributed by atoms with van der Waals surface area (Å²) in [5.74, 6) is 0.831. The topological polar surface area (TPSA) is 237 Å². The molecule has 0 aliphatic heterocycles. The summed E-state index contributed by atoms with van der Waals surface area (Å²) in [5.41, 5.74) is 0. The molecule has 6 atom stereocenters. The van der Waals surface area contributed by atoms with Crippen molar-refractivity contribution < 1.29 is 80.2 Å². The number of phosphoric acid groups is 2. The van der Waals surface area contributed by atoms with Gasteiger partial charge in [0.05, 0.1) is 26.4 Å². The fraction of sp³-hybridized carbons (Fsp3) is 0.944. The number of carbonyl (C=O) groups excluding carboxylic acids is 4. The summed E-state index contributed by atoms with van der Waals surface area (Å²) in [6.45, 7) is 14.0. The van der Waals surface area contributed by atoms with Gasteiger partial charge in [0.2, 0.25) is 0 Å². The molecule has 0 aromatic heterocycles. The minimum Gasteiger partial charge on any atom is -0.462 e. The van der Waals surface area contributed by atoms with Crippen LogP contribution in [0.25, 0.3) is 0 Å². The quantitative estimate of drug-likeness (QED) is 0.0222. The highest BCUT2D eigenvalue weighted by Gasteiger charge is 2.30. The van der Waals surface area contributed by atoms with Crippen molar-refractivity contribution >= 4 is 39.5 Å². The molecule has 0 spiro atoms. The van der Waals surface area contributed by atoms with Gasteiger partial charge >= 0.3 is 39.5 Å². The van der Waals surface area contributed by atoms with Crippen LogP contribution in [0, 0.1) is 23.7 Å². The van der Waals surface area contributed by atoms with Crippen molar-refractivity contribution in [1.29, 1.82) is 0 Å². The van der Waals surface area contributed by atoms with Crippen molar-refractivity contribution in [1.82, 2.24) is 0 Å². The van der Waals surface area contributed by atoms with Gasteiger partial charge in [0, 0.05) is 25.7 Å². The summed E-state index contributed by atoms with van der Waals surface area (Å²) in [4.78, 5) is 72.5. The van der Waals surface area contributed by atoms with E-state index < -0.39 is 97.5 Å². The van der Waals surface area contributed by atoms with Gasteiger partial charge in [-0.2, -0.15) is 0 Å². The number of unbranched alkanes of at least 4 members (excludes halogenated alkanes) is 33. The van der Waals surface area contributed by atoms with Gasteiger partial charge in [-0.05, 0) is 49.4 Å². The van der Waals surface area contributed by atoms with E-state index in [-0.39, 0.29) is 25.7 Å². The zero-order chi connectivity index (χ0) is 66.8. The summed E-state index contributed by atoms with van der Waals surface area (Å²) in [6.07, 6.45) is 43.3. The zero-order valence-electron chi connectivity index (χ0n) is 58.8. The Bertz CT molecular complexity index is 1780. The fourth-order valence-electron chi connectivity index (χ4n) is 10.6. The first-order valence-electron chi connectivity index (χ1n) is 36.7. The van der Waals surface area contributed by atoms with Crippen LogP contribution in [0.15, 0.2) is 0 Å². The van der Waals surface area contributed by atoms with Gasteiger partial charge < -0.3 is 33.8 Å². The monoisotopic (exact) mass is 1320 g/mol. The highest BCUT2D eigenvalue weighted by atomic mass is 31.2.